The van der Waals surface area contributed by atoms with Crippen LogP contribution in [0.15, 0.2) is 4.99 Å². The van der Waals surface area contributed by atoms with Crippen LogP contribution in [-0.4, -0.2) is 36.0 Å². The van der Waals surface area contributed by atoms with Crippen molar-refractivity contribution in [1.82, 2.24) is 10.6 Å². The van der Waals surface area contributed by atoms with Crippen LogP contribution in [0.4, 0.5) is 0 Å². The first-order chi connectivity index (χ1) is 7.74. The fraction of sp³-hybridized carbons (Fsp3) is 0.818. The largest absolute Gasteiger partial charge is 0.359 e. The van der Waals surface area contributed by atoms with Gasteiger partial charge in [-0.1, -0.05) is 31.0 Å². The minimum absolute atomic E-state index is 0.0282. The van der Waals surface area contributed by atoms with Crippen LogP contribution in [0.3, 0.4) is 0 Å². The van der Waals surface area contributed by atoms with Crippen LogP contribution in [0.2, 0.25) is 0 Å². The molecule has 5 heteroatoms. The number of thioether (sulfide) groups is 1. The first-order valence-corrected chi connectivity index (χ1v) is 6.89. The average Bonchev–Trinajstić information content (AvgIpc) is 2.70. The molecule has 2 aliphatic rings. The molecule has 1 saturated carbocycles. The highest BCUT2D eigenvalue weighted by atomic mass is 32.2. The van der Waals surface area contributed by atoms with Gasteiger partial charge in [-0.25, -0.2) is 0 Å². The minimum atomic E-state index is -0.0282. The van der Waals surface area contributed by atoms with Crippen LogP contribution in [-0.2, 0) is 4.79 Å². The second-order valence-corrected chi connectivity index (χ2v) is 5.51. The van der Waals surface area contributed by atoms with Gasteiger partial charge in [0.15, 0.2) is 5.17 Å². The monoisotopic (exact) mass is 241 g/mol. The van der Waals surface area contributed by atoms with Gasteiger partial charge >= 0.3 is 0 Å². The molecule has 1 saturated heterocycles. The van der Waals surface area contributed by atoms with Gasteiger partial charge in [-0.3, -0.25) is 9.79 Å². The van der Waals surface area contributed by atoms with E-state index in [1.165, 1.54) is 32.1 Å². The van der Waals surface area contributed by atoms with E-state index in [4.69, 9.17) is 0 Å². The van der Waals surface area contributed by atoms with Gasteiger partial charge in [0.05, 0.1) is 0 Å². The van der Waals surface area contributed by atoms with E-state index in [0.717, 1.165) is 10.9 Å². The van der Waals surface area contributed by atoms with E-state index in [0.29, 0.717) is 0 Å². The summed E-state index contributed by atoms with van der Waals surface area (Å²) in [4.78, 5) is 15.4. The Kier molecular flexibility index (Phi) is 3.74. The zero-order valence-corrected chi connectivity index (χ0v) is 10.5. The van der Waals surface area contributed by atoms with Crippen molar-refractivity contribution in [2.75, 3.05) is 19.3 Å². The molecule has 1 aliphatic carbocycles. The number of amidine groups is 1. The number of carbonyl (C=O) groups excluding carboxylic acids is 1. The smallest absolute Gasteiger partial charge is 0.241 e. The number of hydrogen-bond donors (Lipinski definition) is 2. The Hall–Kier alpha value is -0.710. The molecule has 0 aromatic carbocycles. The molecule has 0 radical (unpaired) electrons. The summed E-state index contributed by atoms with van der Waals surface area (Å²) in [7, 11) is 1.64. The number of likely N-dealkylation sites (N-methyl/N-ethyl adjacent to an activating group) is 1. The summed E-state index contributed by atoms with van der Waals surface area (Å²) in [5.74, 6) is 1.08. The predicted molar refractivity (Wildman–Crippen MR) is 67.8 cm³/mol. The molecule has 0 aromatic rings. The van der Waals surface area contributed by atoms with E-state index in [9.17, 15) is 4.79 Å². The standard InChI is InChI=1S/C11H19N3OS/c1-12-9(15)7-13-10-14-11(8-16-10)5-3-2-4-6-11/h2-8H2,1H3,(H,12,15)(H,13,14). The van der Waals surface area contributed by atoms with Crippen LogP contribution >= 0.6 is 11.8 Å². The Morgan fingerprint density at radius 2 is 2.25 bits per heavy atom. The SMILES string of the molecule is CNC(=O)CN=C1NC2(CCCCC2)CS1. The van der Waals surface area contributed by atoms with E-state index in [1.807, 2.05) is 0 Å². The van der Waals surface area contributed by atoms with Crippen molar-refractivity contribution in [2.45, 2.75) is 37.6 Å². The molecule has 0 atom stereocenters. The number of carbonyl (C=O) groups is 1. The average molecular weight is 241 g/mol. The van der Waals surface area contributed by atoms with Gasteiger partial charge in [0.1, 0.15) is 6.54 Å². The first kappa shape index (κ1) is 11.8. The van der Waals surface area contributed by atoms with Crippen molar-refractivity contribution in [3.8, 4) is 0 Å². The van der Waals surface area contributed by atoms with Gasteiger partial charge in [-0.05, 0) is 12.8 Å². The Balaban J connectivity index is 1.89. The second kappa shape index (κ2) is 5.08. The lowest BCUT2D eigenvalue weighted by molar-refractivity contribution is -0.119. The third-order valence-electron chi connectivity index (χ3n) is 3.31. The van der Waals surface area contributed by atoms with Gasteiger partial charge in [0.25, 0.3) is 0 Å². The predicted octanol–water partition coefficient (Wildman–Crippen LogP) is 1.13. The molecule has 2 N–H and O–H groups in total. The van der Waals surface area contributed by atoms with Gasteiger partial charge in [-0.2, -0.15) is 0 Å². The summed E-state index contributed by atoms with van der Waals surface area (Å²) in [6.45, 7) is 0.238. The van der Waals surface area contributed by atoms with Crippen molar-refractivity contribution >= 4 is 22.8 Å². The number of amides is 1. The lowest BCUT2D eigenvalue weighted by atomic mass is 9.83. The van der Waals surface area contributed by atoms with Gasteiger partial charge < -0.3 is 10.6 Å². The normalized spacial score (nSPS) is 25.7. The molecule has 1 heterocycles. The van der Waals surface area contributed by atoms with Crippen molar-refractivity contribution in [1.29, 1.82) is 0 Å². The third-order valence-corrected chi connectivity index (χ3v) is 4.51. The minimum Gasteiger partial charge on any atom is -0.359 e. The van der Waals surface area contributed by atoms with Gasteiger partial charge in [0, 0.05) is 18.3 Å². The highest BCUT2D eigenvalue weighted by Gasteiger charge is 2.37. The van der Waals surface area contributed by atoms with Gasteiger partial charge in [-0.15, -0.1) is 0 Å². The number of nitrogens with one attached hydrogen (secondary N) is 2. The molecule has 90 valence electrons. The first-order valence-electron chi connectivity index (χ1n) is 5.90. The zero-order valence-electron chi connectivity index (χ0n) is 9.71. The van der Waals surface area contributed by atoms with Crippen molar-refractivity contribution in [3.05, 3.63) is 0 Å². The highest BCUT2D eigenvalue weighted by Crippen LogP contribution is 2.35. The van der Waals surface area contributed by atoms with Crippen LogP contribution in [0.5, 0.6) is 0 Å². The van der Waals surface area contributed by atoms with E-state index < -0.39 is 0 Å². The lowest BCUT2D eigenvalue weighted by Crippen LogP contribution is -2.45. The Morgan fingerprint density at radius 3 is 2.94 bits per heavy atom. The number of rotatable bonds is 2. The van der Waals surface area contributed by atoms with Crippen LogP contribution in [0.1, 0.15) is 32.1 Å². The Labute approximate surface area is 101 Å². The van der Waals surface area contributed by atoms with E-state index in [1.54, 1.807) is 18.8 Å². The molecule has 2 rings (SSSR count). The molecule has 1 aliphatic heterocycles. The van der Waals surface area contributed by atoms with E-state index >= 15 is 0 Å². The summed E-state index contributed by atoms with van der Waals surface area (Å²) in [5, 5.41) is 7.05. The maximum Gasteiger partial charge on any atom is 0.241 e. The molecule has 16 heavy (non-hydrogen) atoms. The maximum absolute atomic E-state index is 11.1. The van der Waals surface area contributed by atoms with Crippen molar-refractivity contribution in [2.24, 2.45) is 4.99 Å². The molecule has 0 bridgehead atoms. The quantitative estimate of drug-likeness (QED) is 0.762. The molecule has 2 fully saturated rings. The number of nitrogens with zero attached hydrogens (tertiary/aromatic N) is 1. The third kappa shape index (κ3) is 2.70. The van der Waals surface area contributed by atoms with Crippen LogP contribution in [0.25, 0.3) is 0 Å². The molecular weight excluding hydrogens is 222 g/mol. The highest BCUT2D eigenvalue weighted by molar-refractivity contribution is 8.14. The molecule has 0 aromatic heterocycles. The second-order valence-electron chi connectivity index (χ2n) is 4.55. The zero-order chi connectivity index (χ0) is 11.4. The Bertz CT molecular complexity index is 298. The Morgan fingerprint density at radius 1 is 1.50 bits per heavy atom. The number of aliphatic imine (C=N–C) groups is 1. The summed E-state index contributed by atoms with van der Waals surface area (Å²) in [6.07, 6.45) is 6.49. The molecule has 1 amide bonds. The van der Waals surface area contributed by atoms with Crippen LogP contribution in [0, 0.1) is 0 Å². The summed E-state index contributed by atoms with van der Waals surface area (Å²) < 4.78 is 0. The molecule has 1 spiro atoms. The number of hydrogen-bond acceptors (Lipinski definition) is 3. The molecular formula is C11H19N3OS. The fourth-order valence-corrected chi connectivity index (χ4v) is 3.53. The maximum atomic E-state index is 11.1. The summed E-state index contributed by atoms with van der Waals surface area (Å²) >= 11 is 1.76. The summed E-state index contributed by atoms with van der Waals surface area (Å²) in [5.41, 5.74) is 0.282. The van der Waals surface area contributed by atoms with E-state index in [2.05, 4.69) is 15.6 Å². The molecule has 4 nitrogen and oxygen atoms in total. The molecule has 0 unspecified atom stereocenters. The fourth-order valence-electron chi connectivity index (χ4n) is 2.31. The summed E-state index contributed by atoms with van der Waals surface area (Å²) in [6, 6.07) is 0. The van der Waals surface area contributed by atoms with E-state index in [-0.39, 0.29) is 18.0 Å². The van der Waals surface area contributed by atoms with Crippen molar-refractivity contribution < 1.29 is 4.79 Å². The van der Waals surface area contributed by atoms with Crippen LogP contribution < -0.4 is 10.6 Å². The van der Waals surface area contributed by atoms with Crippen molar-refractivity contribution in [3.63, 3.8) is 0 Å². The topological polar surface area (TPSA) is 53.5 Å². The lowest BCUT2D eigenvalue weighted by Gasteiger charge is -2.32. The van der Waals surface area contributed by atoms with Gasteiger partial charge in [0.2, 0.25) is 5.91 Å².